The van der Waals surface area contributed by atoms with Crippen LogP contribution in [0.25, 0.3) is 0 Å². The number of anilines is 2. The van der Waals surface area contributed by atoms with Crippen LogP contribution in [-0.2, 0) is 21.4 Å². The molecule has 36 heavy (non-hydrogen) atoms. The molecule has 2 heterocycles. The van der Waals surface area contributed by atoms with E-state index >= 15 is 0 Å². The van der Waals surface area contributed by atoms with Crippen molar-refractivity contribution < 1.29 is 22.7 Å². The Kier molecular flexibility index (Phi) is 6.51. The highest BCUT2D eigenvalue weighted by Gasteiger charge is 2.28. The highest BCUT2D eigenvalue weighted by atomic mass is 32.2. The second kappa shape index (κ2) is 9.75. The lowest BCUT2D eigenvalue weighted by Crippen LogP contribution is -2.38. The molecule has 1 fully saturated rings. The molecule has 1 N–H and O–H groups in total. The van der Waals surface area contributed by atoms with Crippen molar-refractivity contribution in [3.05, 3.63) is 83.4 Å². The minimum Gasteiger partial charge on any atom is -0.482 e. The first-order valence-corrected chi connectivity index (χ1v) is 13.3. The Labute approximate surface area is 210 Å². The zero-order chi connectivity index (χ0) is 25.3. The molecule has 3 aromatic carbocycles. The van der Waals surface area contributed by atoms with Crippen molar-refractivity contribution in [3.63, 3.8) is 0 Å². The fourth-order valence-corrected chi connectivity index (χ4v) is 5.99. The molecule has 0 aliphatic carbocycles. The van der Waals surface area contributed by atoms with E-state index in [1.807, 2.05) is 31.2 Å². The molecule has 9 heteroatoms. The topological polar surface area (TPSA) is 96.0 Å². The van der Waals surface area contributed by atoms with Crippen molar-refractivity contribution in [3.8, 4) is 5.75 Å². The fraction of sp³-hybridized carbons (Fsp3) is 0.259. The van der Waals surface area contributed by atoms with Gasteiger partial charge in [-0.05, 0) is 73.4 Å². The molecule has 2 aliphatic heterocycles. The molecule has 0 aromatic heterocycles. The first-order chi connectivity index (χ1) is 17.3. The summed E-state index contributed by atoms with van der Waals surface area (Å²) >= 11 is 0. The van der Waals surface area contributed by atoms with Crippen LogP contribution in [0.15, 0.2) is 71.6 Å². The summed E-state index contributed by atoms with van der Waals surface area (Å²) in [4.78, 5) is 27.4. The maximum atomic E-state index is 12.9. The lowest BCUT2D eigenvalue weighted by Gasteiger charge is -2.30. The van der Waals surface area contributed by atoms with Gasteiger partial charge in [0, 0.05) is 24.3 Å². The number of hydrogen-bond acceptors (Lipinski definition) is 5. The zero-order valence-electron chi connectivity index (χ0n) is 19.9. The van der Waals surface area contributed by atoms with Crippen LogP contribution in [-0.4, -0.2) is 44.2 Å². The standard InChI is InChI=1S/C27H27N3O5S/c1-19-6-2-3-7-21(19)17-30-24-16-22(10-13-25(24)35-18-26(30)31)28-27(32)20-8-11-23(12-9-20)36(33,34)29-14-4-5-15-29/h2-3,6-13,16H,4-5,14-15,17-18H2,1H3,(H,28,32). The predicted octanol–water partition coefficient (Wildman–Crippen LogP) is 3.96. The maximum absolute atomic E-state index is 12.9. The molecule has 0 atom stereocenters. The van der Waals surface area contributed by atoms with E-state index in [1.54, 1.807) is 23.1 Å². The monoisotopic (exact) mass is 505 g/mol. The molecule has 2 aliphatic rings. The highest BCUT2D eigenvalue weighted by Crippen LogP contribution is 2.36. The van der Waals surface area contributed by atoms with E-state index in [0.717, 1.165) is 24.0 Å². The molecule has 0 radical (unpaired) electrons. The summed E-state index contributed by atoms with van der Waals surface area (Å²) in [6.07, 6.45) is 1.72. The Hall–Kier alpha value is -3.69. The lowest BCUT2D eigenvalue weighted by molar-refractivity contribution is -0.121. The van der Waals surface area contributed by atoms with Crippen molar-refractivity contribution in [1.82, 2.24) is 4.31 Å². The third-order valence-electron chi connectivity index (χ3n) is 6.57. The van der Waals surface area contributed by atoms with Crippen molar-refractivity contribution in [2.75, 3.05) is 29.9 Å². The number of fused-ring (bicyclic) bond motifs is 1. The summed E-state index contributed by atoms with van der Waals surface area (Å²) < 4.78 is 32.5. The Morgan fingerprint density at radius 1 is 1.00 bits per heavy atom. The second-order valence-electron chi connectivity index (χ2n) is 8.97. The Bertz CT molecular complexity index is 1410. The molecular weight excluding hydrogens is 478 g/mol. The largest absolute Gasteiger partial charge is 0.482 e. The molecule has 0 saturated carbocycles. The smallest absolute Gasteiger partial charge is 0.265 e. The summed E-state index contributed by atoms with van der Waals surface area (Å²) in [7, 11) is -3.54. The third kappa shape index (κ3) is 4.72. The van der Waals surface area contributed by atoms with Crippen LogP contribution in [0.2, 0.25) is 0 Å². The van der Waals surface area contributed by atoms with Gasteiger partial charge in [-0.1, -0.05) is 24.3 Å². The normalized spacial score (nSPS) is 15.9. The van der Waals surface area contributed by atoms with Gasteiger partial charge in [-0.25, -0.2) is 8.42 Å². The lowest BCUT2D eigenvalue weighted by atomic mass is 10.1. The Morgan fingerprint density at radius 3 is 2.44 bits per heavy atom. The number of carbonyl (C=O) groups excluding carboxylic acids is 2. The minimum absolute atomic E-state index is 0.0444. The van der Waals surface area contributed by atoms with E-state index in [4.69, 9.17) is 4.74 Å². The average molecular weight is 506 g/mol. The van der Waals surface area contributed by atoms with Gasteiger partial charge in [0.25, 0.3) is 11.8 Å². The quantitative estimate of drug-likeness (QED) is 0.547. The summed E-state index contributed by atoms with van der Waals surface area (Å²) in [6, 6.07) is 19.0. The molecule has 2 amide bonds. The molecule has 5 rings (SSSR count). The number of hydrogen-bond donors (Lipinski definition) is 1. The number of carbonyl (C=O) groups is 2. The summed E-state index contributed by atoms with van der Waals surface area (Å²) in [6.45, 7) is 3.40. The fourth-order valence-electron chi connectivity index (χ4n) is 4.47. The Morgan fingerprint density at radius 2 is 1.72 bits per heavy atom. The van der Waals surface area contributed by atoms with E-state index in [0.29, 0.717) is 42.3 Å². The number of sulfonamides is 1. The predicted molar refractivity (Wildman–Crippen MR) is 137 cm³/mol. The van der Waals surface area contributed by atoms with Gasteiger partial charge in [-0.3, -0.25) is 9.59 Å². The molecule has 186 valence electrons. The van der Waals surface area contributed by atoms with Crippen LogP contribution < -0.4 is 15.0 Å². The number of amides is 2. The SMILES string of the molecule is Cc1ccccc1CN1C(=O)COc2ccc(NC(=O)c3ccc(S(=O)(=O)N4CCCC4)cc3)cc21. The summed E-state index contributed by atoms with van der Waals surface area (Å²) in [5.74, 6) is 0.0234. The van der Waals surface area contributed by atoms with Crippen LogP contribution >= 0.6 is 0 Å². The number of ether oxygens (including phenoxy) is 1. The van der Waals surface area contributed by atoms with Crippen LogP contribution in [0.3, 0.4) is 0 Å². The first-order valence-electron chi connectivity index (χ1n) is 11.9. The number of nitrogens with one attached hydrogen (secondary N) is 1. The van der Waals surface area contributed by atoms with Crippen molar-refractivity contribution >= 4 is 33.2 Å². The maximum Gasteiger partial charge on any atom is 0.265 e. The minimum atomic E-state index is -3.54. The van der Waals surface area contributed by atoms with Crippen LogP contribution in [0.4, 0.5) is 11.4 Å². The molecular formula is C27H27N3O5S. The number of aryl methyl sites for hydroxylation is 1. The number of benzene rings is 3. The van der Waals surface area contributed by atoms with Gasteiger partial charge in [-0.15, -0.1) is 0 Å². The van der Waals surface area contributed by atoms with E-state index in [2.05, 4.69) is 5.32 Å². The molecule has 0 bridgehead atoms. The van der Waals surface area contributed by atoms with Gasteiger partial charge in [0.15, 0.2) is 6.61 Å². The molecule has 0 unspecified atom stereocenters. The average Bonchev–Trinajstić information content (AvgIpc) is 3.43. The Balaban J connectivity index is 1.34. The van der Waals surface area contributed by atoms with E-state index in [-0.39, 0.29) is 23.3 Å². The van der Waals surface area contributed by atoms with Gasteiger partial charge in [0.2, 0.25) is 10.0 Å². The molecule has 0 spiro atoms. The van der Waals surface area contributed by atoms with Crippen LogP contribution in [0.1, 0.15) is 34.3 Å². The van der Waals surface area contributed by atoms with Crippen LogP contribution in [0.5, 0.6) is 5.75 Å². The third-order valence-corrected chi connectivity index (χ3v) is 8.48. The highest BCUT2D eigenvalue weighted by molar-refractivity contribution is 7.89. The van der Waals surface area contributed by atoms with Gasteiger partial charge in [0.1, 0.15) is 5.75 Å². The van der Waals surface area contributed by atoms with Crippen molar-refractivity contribution in [2.45, 2.75) is 31.2 Å². The molecule has 8 nitrogen and oxygen atoms in total. The van der Waals surface area contributed by atoms with E-state index < -0.39 is 10.0 Å². The van der Waals surface area contributed by atoms with E-state index in [9.17, 15) is 18.0 Å². The summed E-state index contributed by atoms with van der Waals surface area (Å²) in [5, 5.41) is 2.84. The molecule has 3 aromatic rings. The summed E-state index contributed by atoms with van der Waals surface area (Å²) in [5.41, 5.74) is 3.52. The van der Waals surface area contributed by atoms with E-state index in [1.165, 1.54) is 28.6 Å². The number of nitrogens with zero attached hydrogens (tertiary/aromatic N) is 2. The molecule has 1 saturated heterocycles. The van der Waals surface area contributed by atoms with Gasteiger partial charge >= 0.3 is 0 Å². The first kappa shape index (κ1) is 24.0. The van der Waals surface area contributed by atoms with Gasteiger partial charge < -0.3 is 15.0 Å². The second-order valence-corrected chi connectivity index (χ2v) is 10.9. The van der Waals surface area contributed by atoms with Gasteiger partial charge in [-0.2, -0.15) is 4.31 Å². The zero-order valence-corrected chi connectivity index (χ0v) is 20.8. The number of rotatable bonds is 6. The van der Waals surface area contributed by atoms with Crippen molar-refractivity contribution in [2.24, 2.45) is 0 Å². The van der Waals surface area contributed by atoms with Crippen molar-refractivity contribution in [1.29, 1.82) is 0 Å². The van der Waals surface area contributed by atoms with Crippen LogP contribution in [0, 0.1) is 6.92 Å². The van der Waals surface area contributed by atoms with Gasteiger partial charge in [0.05, 0.1) is 17.1 Å².